The van der Waals surface area contributed by atoms with Gasteiger partial charge in [-0.1, -0.05) is 24.3 Å². The van der Waals surface area contributed by atoms with E-state index < -0.39 is 17.7 Å². The monoisotopic (exact) mass is 382 g/mol. The number of carbonyl (C=O) groups excluding carboxylic acids is 3. The molecule has 5 N–H and O–H groups in total. The standard InChI is InChI=1S/C19H18N4O5/c20-17(24)12-28-16-7-2-1-5-15(16)11-21-22-19(26)14-6-3-4-13(10-14)8-9-18(25)23-27/h1-11,27H,12H2,(H2,20,24)(H,22,26)(H,23,25)/b9-8+,21-11+. The molecule has 9 nitrogen and oxygen atoms in total. The maximum atomic E-state index is 12.2. The van der Waals surface area contributed by atoms with Crippen LogP contribution in [0.5, 0.6) is 5.75 Å². The van der Waals surface area contributed by atoms with Gasteiger partial charge in [-0.15, -0.1) is 0 Å². The minimum Gasteiger partial charge on any atom is -0.483 e. The molecule has 0 heterocycles. The molecule has 0 atom stereocenters. The van der Waals surface area contributed by atoms with Gasteiger partial charge in [-0.25, -0.2) is 10.9 Å². The molecule has 144 valence electrons. The summed E-state index contributed by atoms with van der Waals surface area (Å²) in [5.41, 5.74) is 10.4. The maximum absolute atomic E-state index is 12.2. The molecule has 2 aromatic carbocycles. The van der Waals surface area contributed by atoms with Gasteiger partial charge in [0.25, 0.3) is 17.7 Å². The van der Waals surface area contributed by atoms with Crippen LogP contribution in [0.2, 0.25) is 0 Å². The van der Waals surface area contributed by atoms with Crippen LogP contribution in [0, 0.1) is 0 Å². The molecular weight excluding hydrogens is 364 g/mol. The number of hydroxylamine groups is 1. The summed E-state index contributed by atoms with van der Waals surface area (Å²) >= 11 is 0. The van der Waals surface area contributed by atoms with Gasteiger partial charge in [-0.2, -0.15) is 5.10 Å². The van der Waals surface area contributed by atoms with Gasteiger partial charge in [0.2, 0.25) is 0 Å². The molecule has 0 aliphatic carbocycles. The molecule has 2 aromatic rings. The van der Waals surface area contributed by atoms with Crippen LogP contribution in [0.25, 0.3) is 6.08 Å². The third-order valence-electron chi connectivity index (χ3n) is 3.34. The number of hydrogen-bond donors (Lipinski definition) is 4. The Hall–Kier alpha value is -3.98. The van der Waals surface area contributed by atoms with E-state index in [2.05, 4.69) is 10.5 Å². The number of hydrogen-bond acceptors (Lipinski definition) is 6. The summed E-state index contributed by atoms with van der Waals surface area (Å²) < 4.78 is 5.28. The predicted molar refractivity (Wildman–Crippen MR) is 102 cm³/mol. The lowest BCUT2D eigenvalue weighted by Gasteiger charge is -2.06. The molecular formula is C19H18N4O5. The zero-order chi connectivity index (χ0) is 20.4. The molecule has 0 spiro atoms. The van der Waals surface area contributed by atoms with Gasteiger partial charge in [0.1, 0.15) is 5.75 Å². The number of primary amides is 1. The number of nitrogens with one attached hydrogen (secondary N) is 2. The molecule has 2 rings (SSSR count). The van der Waals surface area contributed by atoms with Gasteiger partial charge in [0.05, 0.1) is 6.21 Å². The lowest BCUT2D eigenvalue weighted by atomic mass is 10.1. The molecule has 9 heteroatoms. The molecule has 0 bridgehead atoms. The molecule has 0 unspecified atom stereocenters. The Morgan fingerprint density at radius 2 is 1.93 bits per heavy atom. The van der Waals surface area contributed by atoms with Crippen molar-refractivity contribution >= 4 is 30.0 Å². The fourth-order valence-electron chi connectivity index (χ4n) is 2.09. The zero-order valence-electron chi connectivity index (χ0n) is 14.7. The molecule has 0 radical (unpaired) electrons. The number of rotatable bonds is 8. The third kappa shape index (κ3) is 6.39. The molecule has 28 heavy (non-hydrogen) atoms. The van der Waals surface area contributed by atoms with Crippen LogP contribution in [-0.4, -0.2) is 35.8 Å². The smallest absolute Gasteiger partial charge is 0.271 e. The third-order valence-corrected chi connectivity index (χ3v) is 3.34. The highest BCUT2D eigenvalue weighted by Gasteiger charge is 2.06. The van der Waals surface area contributed by atoms with Gasteiger partial charge < -0.3 is 10.5 Å². The van der Waals surface area contributed by atoms with E-state index in [1.54, 1.807) is 48.5 Å². The molecule has 0 aliphatic heterocycles. The van der Waals surface area contributed by atoms with E-state index in [0.717, 1.165) is 6.08 Å². The lowest BCUT2D eigenvalue weighted by Crippen LogP contribution is -2.20. The van der Waals surface area contributed by atoms with Crippen LogP contribution in [-0.2, 0) is 9.59 Å². The van der Waals surface area contributed by atoms with Crippen molar-refractivity contribution in [1.29, 1.82) is 0 Å². The molecule has 0 aromatic heterocycles. The Morgan fingerprint density at radius 3 is 2.68 bits per heavy atom. The summed E-state index contributed by atoms with van der Waals surface area (Å²) in [6, 6.07) is 13.3. The van der Waals surface area contributed by atoms with Gasteiger partial charge in [0.15, 0.2) is 6.61 Å². The minimum absolute atomic E-state index is 0.272. The second kappa shape index (κ2) is 10.2. The Labute approximate surface area is 160 Å². The molecule has 0 fully saturated rings. The Bertz CT molecular complexity index is 924. The second-order valence-corrected chi connectivity index (χ2v) is 5.43. The Morgan fingerprint density at radius 1 is 1.14 bits per heavy atom. The van der Waals surface area contributed by atoms with Crippen molar-refractivity contribution in [1.82, 2.24) is 10.9 Å². The van der Waals surface area contributed by atoms with Crippen LogP contribution in [0.15, 0.2) is 59.7 Å². The number of nitrogens with zero attached hydrogens (tertiary/aromatic N) is 1. The maximum Gasteiger partial charge on any atom is 0.271 e. The summed E-state index contributed by atoms with van der Waals surface area (Å²) in [6.07, 6.45) is 3.94. The van der Waals surface area contributed by atoms with Crippen molar-refractivity contribution in [2.45, 2.75) is 0 Å². The number of carbonyl (C=O) groups is 3. The highest BCUT2D eigenvalue weighted by atomic mass is 16.5. The van der Waals surface area contributed by atoms with Crippen molar-refractivity contribution in [3.8, 4) is 5.75 Å². The summed E-state index contributed by atoms with van der Waals surface area (Å²) in [4.78, 5) is 34.1. The normalized spacial score (nSPS) is 10.8. The Balaban J connectivity index is 2.03. The second-order valence-electron chi connectivity index (χ2n) is 5.43. The SMILES string of the molecule is NC(=O)COc1ccccc1/C=N/NC(=O)c1cccc(/C=C/C(=O)NO)c1. The van der Waals surface area contributed by atoms with Gasteiger partial charge >= 0.3 is 0 Å². The first-order valence-electron chi connectivity index (χ1n) is 8.05. The van der Waals surface area contributed by atoms with Crippen molar-refractivity contribution in [2.24, 2.45) is 10.8 Å². The van der Waals surface area contributed by atoms with E-state index >= 15 is 0 Å². The quantitative estimate of drug-likeness (QED) is 0.231. The van der Waals surface area contributed by atoms with Gasteiger partial charge in [-0.3, -0.25) is 19.6 Å². The van der Waals surface area contributed by atoms with E-state index in [1.165, 1.54) is 17.8 Å². The summed E-state index contributed by atoms with van der Waals surface area (Å²) in [6.45, 7) is -0.272. The Kier molecular flexibility index (Phi) is 7.43. The first-order chi connectivity index (χ1) is 13.5. The highest BCUT2D eigenvalue weighted by Crippen LogP contribution is 2.15. The lowest BCUT2D eigenvalue weighted by molar-refractivity contribution is -0.124. The largest absolute Gasteiger partial charge is 0.483 e. The van der Waals surface area contributed by atoms with Crippen LogP contribution >= 0.6 is 0 Å². The van der Waals surface area contributed by atoms with Gasteiger partial charge in [0, 0.05) is 17.2 Å². The van der Waals surface area contributed by atoms with Crippen molar-refractivity contribution in [3.63, 3.8) is 0 Å². The minimum atomic E-state index is -0.684. The molecule has 0 saturated heterocycles. The van der Waals surface area contributed by atoms with E-state index in [0.29, 0.717) is 22.4 Å². The molecule has 3 amide bonds. The summed E-state index contributed by atoms with van der Waals surface area (Å²) in [5, 5.41) is 12.4. The molecule has 0 aliphatic rings. The first kappa shape index (κ1) is 20.3. The van der Waals surface area contributed by atoms with Crippen molar-refractivity contribution in [3.05, 3.63) is 71.3 Å². The first-order valence-corrected chi connectivity index (χ1v) is 8.05. The fourth-order valence-corrected chi connectivity index (χ4v) is 2.09. The van der Waals surface area contributed by atoms with Crippen LogP contribution in [0.1, 0.15) is 21.5 Å². The summed E-state index contributed by atoms with van der Waals surface area (Å²) in [5.74, 6) is -1.36. The predicted octanol–water partition coefficient (Wildman–Crippen LogP) is 0.833. The highest BCUT2D eigenvalue weighted by molar-refractivity contribution is 5.96. The number of benzene rings is 2. The topological polar surface area (TPSA) is 143 Å². The van der Waals surface area contributed by atoms with Gasteiger partial charge in [-0.05, 0) is 35.9 Å². The number of para-hydroxylation sites is 1. The van der Waals surface area contributed by atoms with Crippen molar-refractivity contribution in [2.75, 3.05) is 6.61 Å². The number of ether oxygens (including phenoxy) is 1. The zero-order valence-corrected chi connectivity index (χ0v) is 14.7. The molecule has 0 saturated carbocycles. The van der Waals surface area contributed by atoms with E-state index in [4.69, 9.17) is 15.7 Å². The number of amides is 3. The van der Waals surface area contributed by atoms with E-state index in [9.17, 15) is 14.4 Å². The van der Waals surface area contributed by atoms with Crippen LogP contribution in [0.3, 0.4) is 0 Å². The van der Waals surface area contributed by atoms with E-state index in [-0.39, 0.29) is 6.61 Å². The average Bonchev–Trinajstić information content (AvgIpc) is 2.71. The average molecular weight is 382 g/mol. The van der Waals surface area contributed by atoms with Crippen LogP contribution < -0.4 is 21.4 Å². The number of nitrogens with two attached hydrogens (primary N) is 1. The van der Waals surface area contributed by atoms with Crippen LogP contribution in [0.4, 0.5) is 0 Å². The number of hydrazone groups is 1. The van der Waals surface area contributed by atoms with E-state index in [1.807, 2.05) is 0 Å². The summed E-state index contributed by atoms with van der Waals surface area (Å²) in [7, 11) is 0. The fraction of sp³-hybridized carbons (Fsp3) is 0.0526. The van der Waals surface area contributed by atoms with Crippen molar-refractivity contribution < 1.29 is 24.3 Å².